The highest BCUT2D eigenvalue weighted by molar-refractivity contribution is 8.19. The number of Topliss-reactive ketones (excluding diaryl/α,β-unsaturated/α-hetero) is 1. The van der Waals surface area contributed by atoms with Gasteiger partial charge in [0.15, 0.2) is 6.10 Å². The number of rotatable bonds is 5. The highest BCUT2D eigenvalue weighted by Crippen LogP contribution is 2.45. The van der Waals surface area contributed by atoms with Gasteiger partial charge in [0, 0.05) is 17.1 Å². The van der Waals surface area contributed by atoms with Gasteiger partial charge in [-0.15, -0.1) is 23.5 Å². The standard InChI is InChI=1S/C20H20O3S2/c1-13-3-5-15(6-4-13)18(21)14(2)23-19(22)16-7-9-17(10-8-16)20-24-11-12-25-20/h3-10,14,20H,11-12H2,1-2H3/t14-/m1/s1. The molecule has 0 saturated carbocycles. The summed E-state index contributed by atoms with van der Waals surface area (Å²) in [4.78, 5) is 24.7. The monoisotopic (exact) mass is 372 g/mol. The van der Waals surface area contributed by atoms with Gasteiger partial charge in [-0.25, -0.2) is 4.79 Å². The van der Waals surface area contributed by atoms with Crippen LogP contribution in [0.5, 0.6) is 0 Å². The molecular formula is C20H20O3S2. The zero-order valence-corrected chi connectivity index (χ0v) is 15.9. The summed E-state index contributed by atoms with van der Waals surface area (Å²) in [5.74, 6) is 1.67. The summed E-state index contributed by atoms with van der Waals surface area (Å²) >= 11 is 3.85. The van der Waals surface area contributed by atoms with Crippen molar-refractivity contribution in [1.29, 1.82) is 0 Å². The van der Waals surface area contributed by atoms with E-state index in [0.29, 0.717) is 15.7 Å². The predicted molar refractivity (Wildman–Crippen MR) is 104 cm³/mol. The lowest BCUT2D eigenvalue weighted by Gasteiger charge is -2.13. The summed E-state index contributed by atoms with van der Waals surface area (Å²) in [6.07, 6.45) is -0.809. The highest BCUT2D eigenvalue weighted by atomic mass is 32.2. The van der Waals surface area contributed by atoms with Gasteiger partial charge < -0.3 is 4.74 Å². The number of ether oxygens (including phenoxy) is 1. The van der Waals surface area contributed by atoms with Gasteiger partial charge in [-0.1, -0.05) is 42.0 Å². The second-order valence-corrected chi connectivity index (χ2v) is 8.70. The molecule has 1 atom stereocenters. The Kier molecular flexibility index (Phi) is 5.86. The smallest absolute Gasteiger partial charge is 0.338 e. The molecule has 130 valence electrons. The van der Waals surface area contributed by atoms with E-state index < -0.39 is 12.1 Å². The third kappa shape index (κ3) is 4.47. The third-order valence-electron chi connectivity index (χ3n) is 4.03. The molecule has 5 heteroatoms. The molecule has 1 heterocycles. The second-order valence-electron chi connectivity index (χ2n) is 5.97. The van der Waals surface area contributed by atoms with Crippen molar-refractivity contribution in [3.8, 4) is 0 Å². The molecule has 1 aliphatic rings. The molecule has 2 aromatic carbocycles. The number of hydrogen-bond acceptors (Lipinski definition) is 5. The first-order valence-electron chi connectivity index (χ1n) is 8.19. The van der Waals surface area contributed by atoms with E-state index in [-0.39, 0.29) is 5.78 Å². The molecule has 3 nitrogen and oxygen atoms in total. The zero-order valence-electron chi connectivity index (χ0n) is 14.2. The van der Waals surface area contributed by atoms with Crippen LogP contribution in [-0.4, -0.2) is 29.4 Å². The van der Waals surface area contributed by atoms with Crippen molar-refractivity contribution in [3.05, 3.63) is 70.8 Å². The normalized spacial score (nSPS) is 15.8. The Labute approximate surface area is 156 Å². The minimum Gasteiger partial charge on any atom is -0.451 e. The van der Waals surface area contributed by atoms with E-state index in [1.54, 1.807) is 31.2 Å². The van der Waals surface area contributed by atoms with Gasteiger partial charge in [-0.3, -0.25) is 4.79 Å². The van der Waals surface area contributed by atoms with E-state index in [1.807, 2.05) is 54.7 Å². The Morgan fingerprint density at radius 3 is 2.12 bits per heavy atom. The molecule has 25 heavy (non-hydrogen) atoms. The molecule has 0 radical (unpaired) electrons. The van der Waals surface area contributed by atoms with Gasteiger partial charge in [0.1, 0.15) is 0 Å². The van der Waals surface area contributed by atoms with Crippen molar-refractivity contribution in [2.75, 3.05) is 11.5 Å². The lowest BCUT2D eigenvalue weighted by Crippen LogP contribution is -2.24. The summed E-state index contributed by atoms with van der Waals surface area (Å²) in [5.41, 5.74) is 3.32. The van der Waals surface area contributed by atoms with Gasteiger partial charge in [-0.2, -0.15) is 0 Å². The summed E-state index contributed by atoms with van der Waals surface area (Å²) in [6.45, 7) is 3.57. The lowest BCUT2D eigenvalue weighted by atomic mass is 10.1. The number of aryl methyl sites for hydroxylation is 1. The number of carbonyl (C=O) groups is 2. The largest absolute Gasteiger partial charge is 0.451 e. The Balaban J connectivity index is 1.62. The molecule has 1 fully saturated rings. The molecule has 0 bridgehead atoms. The van der Waals surface area contributed by atoms with E-state index in [0.717, 1.165) is 17.1 Å². The molecule has 2 aromatic rings. The van der Waals surface area contributed by atoms with E-state index in [4.69, 9.17) is 4.74 Å². The number of carbonyl (C=O) groups excluding carboxylic acids is 2. The quantitative estimate of drug-likeness (QED) is 0.551. The summed E-state index contributed by atoms with van der Waals surface area (Å²) in [6, 6.07) is 14.8. The molecule has 0 unspecified atom stereocenters. The average molecular weight is 373 g/mol. The number of ketones is 1. The Morgan fingerprint density at radius 2 is 1.52 bits per heavy atom. The van der Waals surface area contributed by atoms with Gasteiger partial charge in [-0.05, 0) is 31.5 Å². The van der Waals surface area contributed by atoms with Crippen molar-refractivity contribution in [3.63, 3.8) is 0 Å². The van der Waals surface area contributed by atoms with Crippen LogP contribution in [0.1, 0.15) is 43.3 Å². The molecular weight excluding hydrogens is 352 g/mol. The van der Waals surface area contributed by atoms with Crippen LogP contribution in [0.15, 0.2) is 48.5 Å². The fraction of sp³-hybridized carbons (Fsp3) is 0.300. The molecule has 1 saturated heterocycles. The molecule has 0 spiro atoms. The van der Waals surface area contributed by atoms with Crippen LogP contribution >= 0.6 is 23.5 Å². The fourth-order valence-electron chi connectivity index (χ4n) is 2.56. The number of benzene rings is 2. The Bertz CT molecular complexity index is 748. The summed E-state index contributed by atoms with van der Waals surface area (Å²) in [5, 5.41) is 0. The van der Waals surface area contributed by atoms with Crippen LogP contribution in [0.2, 0.25) is 0 Å². The number of esters is 1. The van der Waals surface area contributed by atoms with Crippen LogP contribution < -0.4 is 0 Å². The van der Waals surface area contributed by atoms with Gasteiger partial charge in [0.25, 0.3) is 0 Å². The van der Waals surface area contributed by atoms with E-state index in [1.165, 1.54) is 5.56 Å². The maximum absolute atomic E-state index is 12.4. The van der Waals surface area contributed by atoms with E-state index in [2.05, 4.69) is 0 Å². The minimum atomic E-state index is -0.809. The Hall–Kier alpha value is -1.72. The SMILES string of the molecule is Cc1ccc(C(=O)[C@@H](C)OC(=O)c2ccc(C3SCCS3)cc2)cc1. The minimum absolute atomic E-state index is 0.191. The predicted octanol–water partition coefficient (Wildman–Crippen LogP) is 4.90. The van der Waals surface area contributed by atoms with Crippen molar-refractivity contribution in [2.24, 2.45) is 0 Å². The molecule has 0 aliphatic carbocycles. The van der Waals surface area contributed by atoms with Crippen LogP contribution in [0.25, 0.3) is 0 Å². The first-order chi connectivity index (χ1) is 12.0. The van der Waals surface area contributed by atoms with Crippen molar-refractivity contribution < 1.29 is 14.3 Å². The average Bonchev–Trinajstić information content (AvgIpc) is 3.16. The van der Waals surface area contributed by atoms with Crippen molar-refractivity contribution in [2.45, 2.75) is 24.5 Å². The fourth-order valence-corrected chi connectivity index (χ4v) is 5.42. The first kappa shape index (κ1) is 18.1. The molecule has 0 amide bonds. The summed E-state index contributed by atoms with van der Waals surface area (Å²) in [7, 11) is 0. The van der Waals surface area contributed by atoms with E-state index in [9.17, 15) is 9.59 Å². The van der Waals surface area contributed by atoms with Crippen LogP contribution in [0.4, 0.5) is 0 Å². The van der Waals surface area contributed by atoms with Crippen molar-refractivity contribution >= 4 is 35.3 Å². The van der Waals surface area contributed by atoms with Crippen LogP contribution in [0, 0.1) is 6.92 Å². The van der Waals surface area contributed by atoms with Crippen LogP contribution in [-0.2, 0) is 4.74 Å². The van der Waals surface area contributed by atoms with Gasteiger partial charge >= 0.3 is 5.97 Å². The zero-order chi connectivity index (χ0) is 17.8. The number of thioether (sulfide) groups is 2. The molecule has 1 aliphatic heterocycles. The maximum Gasteiger partial charge on any atom is 0.338 e. The van der Waals surface area contributed by atoms with E-state index >= 15 is 0 Å². The third-order valence-corrected chi connectivity index (χ3v) is 7.13. The molecule has 3 rings (SSSR count). The molecule has 0 aromatic heterocycles. The summed E-state index contributed by atoms with van der Waals surface area (Å²) < 4.78 is 5.80. The highest BCUT2D eigenvalue weighted by Gasteiger charge is 2.22. The van der Waals surface area contributed by atoms with Gasteiger partial charge in [0.2, 0.25) is 5.78 Å². The van der Waals surface area contributed by atoms with Crippen LogP contribution in [0.3, 0.4) is 0 Å². The second kappa shape index (κ2) is 8.11. The Morgan fingerprint density at radius 1 is 0.960 bits per heavy atom. The molecule has 0 N–H and O–H groups in total. The maximum atomic E-state index is 12.4. The topological polar surface area (TPSA) is 43.4 Å². The van der Waals surface area contributed by atoms with Gasteiger partial charge in [0.05, 0.1) is 10.1 Å². The number of hydrogen-bond donors (Lipinski definition) is 0. The van der Waals surface area contributed by atoms with Crippen molar-refractivity contribution in [1.82, 2.24) is 0 Å². The first-order valence-corrected chi connectivity index (χ1v) is 10.3. The lowest BCUT2D eigenvalue weighted by molar-refractivity contribution is 0.0319.